The van der Waals surface area contributed by atoms with Crippen LogP contribution in [0, 0.1) is 0 Å². The van der Waals surface area contributed by atoms with E-state index < -0.39 is 10.0 Å². The van der Waals surface area contributed by atoms with Crippen LogP contribution in [0.2, 0.25) is 0 Å². The van der Waals surface area contributed by atoms with E-state index in [1.807, 2.05) is 24.3 Å². The van der Waals surface area contributed by atoms with E-state index in [1.54, 1.807) is 35.6 Å². The van der Waals surface area contributed by atoms with Crippen LogP contribution in [0.5, 0.6) is 0 Å². The Bertz CT molecular complexity index is 1330. The number of carbonyl (C=O) groups is 1. The van der Waals surface area contributed by atoms with Crippen LogP contribution in [0.25, 0.3) is 21.5 Å². The Hall–Kier alpha value is -2.99. The molecule has 0 aliphatic rings. The van der Waals surface area contributed by atoms with E-state index in [9.17, 15) is 13.2 Å². The van der Waals surface area contributed by atoms with Gasteiger partial charge in [-0.3, -0.25) is 4.79 Å². The molecule has 2 aromatic heterocycles. The highest BCUT2D eigenvalue weighted by molar-refractivity contribution is 8.01. The lowest BCUT2D eigenvalue weighted by atomic mass is 10.2. The number of thioether (sulfide) groups is 1. The zero-order valence-electron chi connectivity index (χ0n) is 15.9. The van der Waals surface area contributed by atoms with E-state index in [0.717, 1.165) is 14.6 Å². The lowest BCUT2D eigenvalue weighted by Crippen LogP contribution is -2.19. The number of amides is 1. The van der Waals surface area contributed by atoms with Gasteiger partial charge in [0.15, 0.2) is 4.34 Å². The van der Waals surface area contributed by atoms with Crippen molar-refractivity contribution in [1.29, 1.82) is 0 Å². The Morgan fingerprint density at radius 3 is 2.68 bits per heavy atom. The number of fused-ring (bicyclic) bond motifs is 1. The highest BCUT2D eigenvalue weighted by Gasteiger charge is 2.10. The first-order valence-corrected chi connectivity index (χ1v) is 12.3. The first kappa shape index (κ1) is 21.2. The number of thiazole rings is 1. The van der Waals surface area contributed by atoms with Crippen molar-refractivity contribution in [3.63, 3.8) is 0 Å². The second-order valence-corrected chi connectivity index (χ2v) is 10.1. The van der Waals surface area contributed by atoms with E-state index >= 15 is 0 Å². The summed E-state index contributed by atoms with van der Waals surface area (Å²) in [4.78, 5) is 16.5. The van der Waals surface area contributed by atoms with Crippen molar-refractivity contribution in [3.8, 4) is 11.3 Å². The van der Waals surface area contributed by atoms with E-state index in [-0.39, 0.29) is 16.6 Å². The summed E-state index contributed by atoms with van der Waals surface area (Å²) in [6.07, 6.45) is 1.39. The number of nitrogens with two attached hydrogens (primary N) is 1. The molecule has 0 bridgehead atoms. The van der Waals surface area contributed by atoms with Crippen LogP contribution >= 0.6 is 23.1 Å². The second kappa shape index (κ2) is 9.02. The summed E-state index contributed by atoms with van der Waals surface area (Å²) in [5, 5.41) is 9.00. The number of carbonyl (C=O) groups excluding carboxylic acids is 1. The largest absolute Gasteiger partial charge is 0.455 e. The fourth-order valence-electron chi connectivity index (χ4n) is 2.63. The van der Waals surface area contributed by atoms with Crippen LogP contribution in [0.4, 0.5) is 0 Å². The minimum Gasteiger partial charge on any atom is -0.455 e. The van der Waals surface area contributed by atoms with Crippen LogP contribution in [0.3, 0.4) is 0 Å². The number of hydrazone groups is 1. The number of hydrogen-bond donors (Lipinski definition) is 2. The van der Waals surface area contributed by atoms with Crippen LogP contribution in [-0.2, 0) is 14.8 Å². The summed E-state index contributed by atoms with van der Waals surface area (Å²) in [6.45, 7) is 0. The molecule has 4 rings (SSSR count). The number of aromatic nitrogens is 1. The number of nitrogens with zero attached hydrogens (tertiary/aromatic N) is 2. The SMILES string of the molecule is NS(=O)(=O)c1ccc(-c2ccc(/C=N\NC(=O)CSc3nc4ccccc4s3)o2)cc1. The molecule has 11 heteroatoms. The minimum atomic E-state index is -3.74. The van der Waals surface area contributed by atoms with Gasteiger partial charge in [-0.15, -0.1) is 11.3 Å². The Kier molecular flexibility index (Phi) is 6.18. The molecule has 31 heavy (non-hydrogen) atoms. The lowest BCUT2D eigenvalue weighted by Gasteiger charge is -2.00. The normalized spacial score (nSPS) is 11.9. The van der Waals surface area contributed by atoms with E-state index in [4.69, 9.17) is 9.56 Å². The summed E-state index contributed by atoms with van der Waals surface area (Å²) in [5.74, 6) is 0.896. The van der Waals surface area contributed by atoms with E-state index in [0.29, 0.717) is 17.1 Å². The van der Waals surface area contributed by atoms with Gasteiger partial charge in [0.25, 0.3) is 5.91 Å². The molecule has 3 N–H and O–H groups in total. The Morgan fingerprint density at radius 2 is 1.94 bits per heavy atom. The van der Waals surface area contributed by atoms with Crippen molar-refractivity contribution < 1.29 is 17.6 Å². The van der Waals surface area contributed by atoms with Gasteiger partial charge >= 0.3 is 0 Å². The summed E-state index contributed by atoms with van der Waals surface area (Å²) in [7, 11) is -3.74. The Morgan fingerprint density at radius 1 is 1.16 bits per heavy atom. The summed E-state index contributed by atoms with van der Waals surface area (Å²) in [5.41, 5.74) is 4.06. The van der Waals surface area contributed by atoms with Crippen molar-refractivity contribution in [3.05, 3.63) is 66.4 Å². The molecule has 0 radical (unpaired) electrons. The van der Waals surface area contributed by atoms with Crippen molar-refractivity contribution in [2.45, 2.75) is 9.24 Å². The summed E-state index contributed by atoms with van der Waals surface area (Å²) in [6, 6.07) is 17.2. The maximum atomic E-state index is 12.0. The van der Waals surface area contributed by atoms with Gasteiger partial charge in [0, 0.05) is 5.56 Å². The first-order chi connectivity index (χ1) is 14.9. The minimum absolute atomic E-state index is 0.0241. The molecule has 0 saturated heterocycles. The predicted molar refractivity (Wildman–Crippen MR) is 122 cm³/mol. The maximum absolute atomic E-state index is 12.0. The molecule has 0 saturated carbocycles. The highest BCUT2D eigenvalue weighted by atomic mass is 32.2. The Balaban J connectivity index is 1.31. The van der Waals surface area contributed by atoms with Gasteiger partial charge in [-0.25, -0.2) is 24.0 Å². The molecular weight excluding hydrogens is 456 g/mol. The van der Waals surface area contributed by atoms with Crippen LogP contribution in [0.1, 0.15) is 5.76 Å². The number of furan rings is 1. The average molecular weight is 473 g/mol. The number of hydrogen-bond acceptors (Lipinski definition) is 8. The van der Waals surface area contributed by atoms with Crippen molar-refractivity contribution in [1.82, 2.24) is 10.4 Å². The van der Waals surface area contributed by atoms with Crippen molar-refractivity contribution in [2.75, 3.05) is 5.75 Å². The molecule has 158 valence electrons. The second-order valence-electron chi connectivity index (χ2n) is 6.30. The highest BCUT2D eigenvalue weighted by Crippen LogP contribution is 2.29. The molecule has 2 heterocycles. The topological polar surface area (TPSA) is 128 Å². The zero-order valence-corrected chi connectivity index (χ0v) is 18.3. The van der Waals surface area contributed by atoms with Gasteiger partial charge in [0.05, 0.1) is 27.1 Å². The van der Waals surface area contributed by atoms with Gasteiger partial charge in [-0.05, 0) is 48.5 Å². The molecule has 0 aliphatic carbocycles. The predicted octanol–water partition coefficient (Wildman–Crippen LogP) is 3.45. The molecule has 4 aromatic rings. The number of para-hydroxylation sites is 1. The van der Waals surface area contributed by atoms with Crippen LogP contribution < -0.4 is 10.6 Å². The van der Waals surface area contributed by atoms with E-state index in [2.05, 4.69) is 15.5 Å². The average Bonchev–Trinajstić information content (AvgIpc) is 3.38. The number of rotatable bonds is 7. The van der Waals surface area contributed by atoms with Gasteiger partial charge < -0.3 is 4.42 Å². The zero-order chi connectivity index (χ0) is 21.8. The number of primary sulfonamides is 1. The van der Waals surface area contributed by atoms with Crippen molar-refractivity contribution in [2.24, 2.45) is 10.2 Å². The fraction of sp³-hybridized carbons (Fsp3) is 0.0500. The third-order valence-electron chi connectivity index (χ3n) is 4.08. The molecule has 1 amide bonds. The molecule has 0 spiro atoms. The monoisotopic (exact) mass is 472 g/mol. The number of sulfonamides is 1. The van der Waals surface area contributed by atoms with Crippen molar-refractivity contribution >= 4 is 55.5 Å². The van der Waals surface area contributed by atoms with Crippen LogP contribution in [0.15, 0.2) is 79.4 Å². The smallest absolute Gasteiger partial charge is 0.250 e. The van der Waals surface area contributed by atoms with Crippen LogP contribution in [-0.4, -0.2) is 31.3 Å². The molecular formula is C20H16N4O4S3. The standard InChI is InChI=1S/C20H16N4O4S3/c21-31(26,27)15-8-5-13(6-9-15)17-10-7-14(28-17)11-22-24-19(25)12-29-20-23-16-3-1-2-4-18(16)30-20/h1-11H,12H2,(H,24,25)(H2,21,26,27)/b22-11-. The molecule has 0 aliphatic heterocycles. The van der Waals surface area contributed by atoms with Gasteiger partial charge in [0.2, 0.25) is 10.0 Å². The number of nitrogens with one attached hydrogen (secondary N) is 1. The molecule has 0 atom stereocenters. The van der Waals surface area contributed by atoms with Gasteiger partial charge in [0.1, 0.15) is 11.5 Å². The Labute approximate surface area is 186 Å². The molecule has 2 aromatic carbocycles. The number of benzene rings is 2. The molecule has 8 nitrogen and oxygen atoms in total. The third kappa shape index (κ3) is 5.39. The third-order valence-corrected chi connectivity index (χ3v) is 7.18. The maximum Gasteiger partial charge on any atom is 0.250 e. The molecule has 0 fully saturated rings. The van der Waals surface area contributed by atoms with Gasteiger partial charge in [-0.2, -0.15) is 5.10 Å². The fourth-order valence-corrected chi connectivity index (χ4v) is 5.00. The van der Waals surface area contributed by atoms with Gasteiger partial charge in [-0.1, -0.05) is 23.9 Å². The molecule has 0 unspecified atom stereocenters. The lowest BCUT2D eigenvalue weighted by molar-refractivity contribution is -0.118. The summed E-state index contributed by atoms with van der Waals surface area (Å²) < 4.78 is 30.2. The van der Waals surface area contributed by atoms with E-state index in [1.165, 1.54) is 30.1 Å². The summed E-state index contributed by atoms with van der Waals surface area (Å²) >= 11 is 2.89. The first-order valence-electron chi connectivity index (χ1n) is 8.92. The quantitative estimate of drug-likeness (QED) is 0.241.